The topological polar surface area (TPSA) is 50.9 Å². The largest absolute Gasteiger partial charge is 0.271 e. The molecule has 0 aliphatic heterocycles. The quantitative estimate of drug-likeness (QED) is 0.417. The van der Waals surface area contributed by atoms with Gasteiger partial charge < -0.3 is 0 Å². The lowest BCUT2D eigenvalue weighted by Crippen LogP contribution is -2.29. The van der Waals surface area contributed by atoms with Gasteiger partial charge in [0.25, 0.3) is 0 Å². The van der Waals surface area contributed by atoms with Crippen LogP contribution < -0.4 is 11.3 Å². The summed E-state index contributed by atoms with van der Waals surface area (Å²) in [6, 6.07) is 1.96. The molecule has 13 heavy (non-hydrogen) atoms. The third-order valence-electron chi connectivity index (χ3n) is 2.05. The molecular weight excluding hydrogens is 162 g/mol. The zero-order chi connectivity index (χ0) is 9.84. The Morgan fingerprint density at radius 2 is 2.38 bits per heavy atom. The van der Waals surface area contributed by atoms with Crippen LogP contribution in [0.3, 0.4) is 0 Å². The van der Waals surface area contributed by atoms with Crippen molar-refractivity contribution < 1.29 is 0 Å². The van der Waals surface area contributed by atoms with E-state index < -0.39 is 0 Å². The maximum atomic E-state index is 5.44. The first-order valence-corrected chi connectivity index (χ1v) is 4.19. The van der Waals surface area contributed by atoms with Gasteiger partial charge in [-0.25, -0.2) is 5.43 Å². The molecule has 70 valence electrons. The summed E-state index contributed by atoms with van der Waals surface area (Å²) in [6.07, 6.45) is 3.58. The number of rotatable bonds is 3. The number of aromatic nitrogens is 1. The molecular formula is C10H15N3. The Bertz CT molecular complexity index is 307. The number of hydrazine groups is 1. The molecule has 1 rings (SSSR count). The third kappa shape index (κ3) is 2.14. The van der Waals surface area contributed by atoms with Gasteiger partial charge in [-0.15, -0.1) is 0 Å². The number of pyridine rings is 1. The molecule has 1 aromatic rings. The number of nitrogens with zero attached hydrogens (tertiary/aromatic N) is 1. The number of nitrogens with one attached hydrogen (secondary N) is 1. The number of hydrogen-bond donors (Lipinski definition) is 2. The van der Waals surface area contributed by atoms with E-state index in [9.17, 15) is 0 Å². The highest BCUT2D eigenvalue weighted by atomic mass is 15.2. The van der Waals surface area contributed by atoms with E-state index >= 15 is 0 Å². The summed E-state index contributed by atoms with van der Waals surface area (Å²) in [5, 5.41) is 0. The zero-order valence-electron chi connectivity index (χ0n) is 8.04. The van der Waals surface area contributed by atoms with Crippen LogP contribution in [-0.4, -0.2) is 4.98 Å². The fraction of sp³-hybridized carbons (Fsp3) is 0.300. The molecule has 1 unspecified atom stereocenters. The molecule has 1 aromatic heterocycles. The molecule has 0 fully saturated rings. The van der Waals surface area contributed by atoms with E-state index in [4.69, 9.17) is 5.84 Å². The number of hydrogen-bond acceptors (Lipinski definition) is 3. The SMILES string of the molecule is C=C(C)C(NN)c1cnccc1C. The molecule has 3 nitrogen and oxygen atoms in total. The average Bonchev–Trinajstić information content (AvgIpc) is 2.09. The van der Waals surface area contributed by atoms with E-state index in [1.807, 2.05) is 26.1 Å². The van der Waals surface area contributed by atoms with E-state index in [1.54, 1.807) is 6.20 Å². The van der Waals surface area contributed by atoms with Crippen molar-refractivity contribution in [2.75, 3.05) is 0 Å². The van der Waals surface area contributed by atoms with Gasteiger partial charge in [0.2, 0.25) is 0 Å². The molecule has 0 amide bonds. The summed E-state index contributed by atoms with van der Waals surface area (Å²) in [5.41, 5.74) is 5.95. The maximum Gasteiger partial charge on any atom is 0.0682 e. The van der Waals surface area contributed by atoms with E-state index in [1.165, 1.54) is 5.56 Å². The Hall–Kier alpha value is -1.19. The van der Waals surface area contributed by atoms with Crippen LogP contribution in [0.1, 0.15) is 24.1 Å². The smallest absolute Gasteiger partial charge is 0.0682 e. The van der Waals surface area contributed by atoms with Crippen LogP contribution in [0.15, 0.2) is 30.6 Å². The summed E-state index contributed by atoms with van der Waals surface area (Å²) in [6.45, 7) is 7.85. The molecule has 1 heterocycles. The van der Waals surface area contributed by atoms with Crippen LogP contribution in [0.2, 0.25) is 0 Å². The highest BCUT2D eigenvalue weighted by Crippen LogP contribution is 2.20. The van der Waals surface area contributed by atoms with Gasteiger partial charge in [0.1, 0.15) is 0 Å². The van der Waals surface area contributed by atoms with E-state index in [0.717, 1.165) is 11.1 Å². The van der Waals surface area contributed by atoms with Crippen molar-refractivity contribution in [2.24, 2.45) is 5.84 Å². The van der Waals surface area contributed by atoms with Crippen molar-refractivity contribution in [3.63, 3.8) is 0 Å². The highest BCUT2D eigenvalue weighted by molar-refractivity contribution is 5.30. The van der Waals surface area contributed by atoms with E-state index in [0.29, 0.717) is 0 Å². The predicted octanol–water partition coefficient (Wildman–Crippen LogP) is 1.47. The second-order valence-electron chi connectivity index (χ2n) is 3.18. The number of nitrogens with two attached hydrogens (primary N) is 1. The van der Waals surface area contributed by atoms with E-state index in [-0.39, 0.29) is 6.04 Å². The Labute approximate surface area is 78.6 Å². The molecule has 0 aliphatic rings. The lowest BCUT2D eigenvalue weighted by Gasteiger charge is -2.17. The van der Waals surface area contributed by atoms with Crippen molar-refractivity contribution in [1.82, 2.24) is 10.4 Å². The normalized spacial score (nSPS) is 12.5. The standard InChI is InChI=1S/C10H15N3/c1-7(2)10(13-11)9-6-12-5-4-8(9)3/h4-6,10,13H,1,11H2,2-3H3. The van der Waals surface area contributed by atoms with Gasteiger partial charge in [0.15, 0.2) is 0 Å². The molecule has 0 aliphatic carbocycles. The monoisotopic (exact) mass is 177 g/mol. The summed E-state index contributed by atoms with van der Waals surface area (Å²) in [4.78, 5) is 4.06. The third-order valence-corrected chi connectivity index (χ3v) is 2.05. The van der Waals surface area contributed by atoms with Gasteiger partial charge in [0.05, 0.1) is 6.04 Å². The molecule has 0 saturated carbocycles. The van der Waals surface area contributed by atoms with Crippen LogP contribution in [0, 0.1) is 6.92 Å². The maximum absolute atomic E-state index is 5.44. The van der Waals surface area contributed by atoms with Crippen molar-refractivity contribution in [2.45, 2.75) is 19.9 Å². The Morgan fingerprint density at radius 3 is 2.85 bits per heavy atom. The van der Waals surface area contributed by atoms with Crippen molar-refractivity contribution in [3.05, 3.63) is 41.7 Å². The summed E-state index contributed by atoms with van der Waals surface area (Å²) >= 11 is 0. The van der Waals surface area contributed by atoms with Crippen LogP contribution in [0.5, 0.6) is 0 Å². The lowest BCUT2D eigenvalue weighted by atomic mass is 9.99. The minimum absolute atomic E-state index is 0.00583. The molecule has 3 heteroatoms. The molecule has 3 N–H and O–H groups in total. The molecule has 1 atom stereocenters. The fourth-order valence-corrected chi connectivity index (χ4v) is 1.28. The van der Waals surface area contributed by atoms with Crippen LogP contribution >= 0.6 is 0 Å². The second-order valence-corrected chi connectivity index (χ2v) is 3.18. The van der Waals surface area contributed by atoms with Gasteiger partial charge in [0, 0.05) is 12.4 Å². The summed E-state index contributed by atoms with van der Waals surface area (Å²) in [5.74, 6) is 5.44. The van der Waals surface area contributed by atoms with Crippen LogP contribution in [-0.2, 0) is 0 Å². The first kappa shape index (κ1) is 9.89. The van der Waals surface area contributed by atoms with Gasteiger partial charge in [-0.1, -0.05) is 12.2 Å². The summed E-state index contributed by atoms with van der Waals surface area (Å²) in [7, 11) is 0. The van der Waals surface area contributed by atoms with E-state index in [2.05, 4.69) is 17.0 Å². The van der Waals surface area contributed by atoms with Gasteiger partial charge >= 0.3 is 0 Å². The molecule has 0 bridgehead atoms. The molecule has 0 aromatic carbocycles. The molecule has 0 radical (unpaired) electrons. The first-order chi connectivity index (χ1) is 6.16. The molecule has 0 spiro atoms. The lowest BCUT2D eigenvalue weighted by molar-refractivity contribution is 0.622. The van der Waals surface area contributed by atoms with Crippen molar-refractivity contribution >= 4 is 0 Å². The van der Waals surface area contributed by atoms with Gasteiger partial charge in [-0.05, 0) is 31.0 Å². The summed E-state index contributed by atoms with van der Waals surface area (Å²) < 4.78 is 0. The Kier molecular flexibility index (Phi) is 3.17. The van der Waals surface area contributed by atoms with Crippen LogP contribution in [0.25, 0.3) is 0 Å². The molecule has 0 saturated heterocycles. The fourth-order valence-electron chi connectivity index (χ4n) is 1.28. The highest BCUT2D eigenvalue weighted by Gasteiger charge is 2.11. The Balaban J connectivity index is 3.04. The van der Waals surface area contributed by atoms with Gasteiger partial charge in [-0.2, -0.15) is 0 Å². The second kappa shape index (κ2) is 4.16. The van der Waals surface area contributed by atoms with Crippen molar-refractivity contribution in [1.29, 1.82) is 0 Å². The Morgan fingerprint density at radius 1 is 1.69 bits per heavy atom. The minimum Gasteiger partial charge on any atom is -0.271 e. The zero-order valence-corrected chi connectivity index (χ0v) is 8.04. The number of aryl methyl sites for hydroxylation is 1. The minimum atomic E-state index is -0.00583. The predicted molar refractivity (Wildman–Crippen MR) is 53.9 cm³/mol. The first-order valence-electron chi connectivity index (χ1n) is 4.19. The van der Waals surface area contributed by atoms with Crippen LogP contribution in [0.4, 0.5) is 0 Å². The average molecular weight is 177 g/mol. The van der Waals surface area contributed by atoms with Crippen molar-refractivity contribution in [3.8, 4) is 0 Å². The van der Waals surface area contributed by atoms with Gasteiger partial charge in [-0.3, -0.25) is 10.8 Å².